The van der Waals surface area contributed by atoms with E-state index in [0.717, 1.165) is 6.42 Å². The van der Waals surface area contributed by atoms with Crippen LogP contribution in [0, 0.1) is 0 Å². The molecule has 2 aliphatic rings. The van der Waals surface area contributed by atoms with Gasteiger partial charge in [0.05, 0.1) is 12.8 Å². The van der Waals surface area contributed by atoms with E-state index in [1.54, 1.807) is 29.0 Å². The van der Waals surface area contributed by atoms with Gasteiger partial charge in [-0.1, -0.05) is 0 Å². The molecule has 5 heterocycles. The number of nitrogen functional groups attached to an aromatic ring is 1. The minimum Gasteiger partial charge on any atom is -0.461 e. The molecule has 0 unspecified atom stereocenters. The Morgan fingerprint density at radius 3 is 2.87 bits per heavy atom. The van der Waals surface area contributed by atoms with Crippen molar-refractivity contribution in [1.82, 2.24) is 34.4 Å². The van der Waals surface area contributed by atoms with Crippen molar-refractivity contribution in [3.8, 4) is 11.6 Å². The van der Waals surface area contributed by atoms with Crippen molar-refractivity contribution in [2.24, 2.45) is 0 Å². The van der Waals surface area contributed by atoms with Crippen LogP contribution in [0.1, 0.15) is 12.8 Å². The van der Waals surface area contributed by atoms with Gasteiger partial charge in [0.15, 0.2) is 5.76 Å². The Morgan fingerprint density at radius 2 is 2.10 bits per heavy atom. The van der Waals surface area contributed by atoms with E-state index in [2.05, 4.69) is 20.1 Å². The zero-order valence-corrected chi connectivity index (χ0v) is 16.4. The van der Waals surface area contributed by atoms with Crippen LogP contribution >= 0.6 is 0 Å². The molecular formula is C18H21N9O3. The number of likely N-dealkylation sites (N-methyl/N-ethyl adjacent to an activating group) is 1. The summed E-state index contributed by atoms with van der Waals surface area (Å²) in [6.07, 6.45) is 3.01. The molecule has 2 amide bonds. The number of amides is 2. The number of furan rings is 1. The van der Waals surface area contributed by atoms with Crippen LogP contribution in [0.25, 0.3) is 17.4 Å². The number of carbonyl (C=O) groups is 2. The first kappa shape index (κ1) is 18.3. The molecule has 0 saturated carbocycles. The summed E-state index contributed by atoms with van der Waals surface area (Å²) in [7, 11) is 1.74. The van der Waals surface area contributed by atoms with Gasteiger partial charge in [-0.3, -0.25) is 9.59 Å². The summed E-state index contributed by atoms with van der Waals surface area (Å²) in [5.74, 6) is 1.42. The molecule has 156 valence electrons. The quantitative estimate of drug-likeness (QED) is 0.611. The van der Waals surface area contributed by atoms with Crippen LogP contribution in [0.15, 0.2) is 22.8 Å². The molecule has 2 saturated heterocycles. The standard InChI is InChI=1S/C18H21N9O3/c1-24-7-8-25(10-13(24)28)15(29)11-4-2-6-26(11)17-21-16(19)27-18(22-17)20-14(23-27)12-5-3-9-30-12/h3,5,9,11H,2,4,6-8,10H2,1H3,(H2,19,20,21,22,23)/t11-/m0/s1. The van der Waals surface area contributed by atoms with Crippen molar-refractivity contribution in [2.75, 3.05) is 43.9 Å². The largest absolute Gasteiger partial charge is 0.461 e. The summed E-state index contributed by atoms with van der Waals surface area (Å²) in [4.78, 5) is 43.5. The summed E-state index contributed by atoms with van der Waals surface area (Å²) in [6, 6.07) is 3.05. The maximum atomic E-state index is 13.1. The van der Waals surface area contributed by atoms with Crippen LogP contribution in [0.4, 0.5) is 11.9 Å². The molecule has 0 spiro atoms. The summed E-state index contributed by atoms with van der Waals surface area (Å²) in [5, 5.41) is 4.29. The molecule has 2 N–H and O–H groups in total. The van der Waals surface area contributed by atoms with E-state index in [-0.39, 0.29) is 30.1 Å². The molecule has 0 aromatic carbocycles. The van der Waals surface area contributed by atoms with Crippen LogP contribution in [0.3, 0.4) is 0 Å². The minimum atomic E-state index is -0.435. The van der Waals surface area contributed by atoms with Crippen LogP contribution < -0.4 is 10.6 Å². The molecule has 0 radical (unpaired) electrons. The monoisotopic (exact) mass is 411 g/mol. The Morgan fingerprint density at radius 1 is 1.23 bits per heavy atom. The first-order valence-electron chi connectivity index (χ1n) is 9.75. The topological polar surface area (TPSA) is 139 Å². The fraction of sp³-hybridized carbons (Fsp3) is 0.444. The third kappa shape index (κ3) is 3.00. The second kappa shape index (κ2) is 6.97. The number of nitrogens with zero attached hydrogens (tertiary/aromatic N) is 8. The zero-order chi connectivity index (χ0) is 20.8. The van der Waals surface area contributed by atoms with Crippen molar-refractivity contribution in [2.45, 2.75) is 18.9 Å². The average Bonchev–Trinajstić information content (AvgIpc) is 3.48. The Bertz CT molecular complexity index is 1110. The van der Waals surface area contributed by atoms with Gasteiger partial charge in [0.2, 0.25) is 29.5 Å². The van der Waals surface area contributed by atoms with Gasteiger partial charge >= 0.3 is 0 Å². The number of nitrogens with two attached hydrogens (primary N) is 1. The number of hydrogen-bond acceptors (Lipinski definition) is 9. The van der Waals surface area contributed by atoms with Gasteiger partial charge in [-0.15, -0.1) is 5.10 Å². The zero-order valence-electron chi connectivity index (χ0n) is 16.4. The van der Waals surface area contributed by atoms with Gasteiger partial charge in [-0.05, 0) is 25.0 Å². The van der Waals surface area contributed by atoms with E-state index in [0.29, 0.717) is 43.6 Å². The summed E-state index contributed by atoms with van der Waals surface area (Å²) in [5.41, 5.74) is 6.10. The molecule has 1 atom stereocenters. The molecule has 12 nitrogen and oxygen atoms in total. The van der Waals surface area contributed by atoms with E-state index in [1.807, 2.05) is 4.90 Å². The van der Waals surface area contributed by atoms with E-state index >= 15 is 0 Å². The van der Waals surface area contributed by atoms with Crippen molar-refractivity contribution in [3.63, 3.8) is 0 Å². The highest BCUT2D eigenvalue weighted by atomic mass is 16.3. The number of aromatic nitrogens is 5. The number of piperazine rings is 1. The highest BCUT2D eigenvalue weighted by Gasteiger charge is 2.37. The third-order valence-corrected chi connectivity index (χ3v) is 5.53. The number of carbonyl (C=O) groups excluding carboxylic acids is 2. The molecule has 5 rings (SSSR count). The van der Waals surface area contributed by atoms with Gasteiger partial charge in [0.1, 0.15) is 6.04 Å². The molecule has 0 aliphatic carbocycles. The van der Waals surface area contributed by atoms with Gasteiger partial charge in [0.25, 0.3) is 5.78 Å². The molecule has 3 aromatic rings. The highest BCUT2D eigenvalue weighted by molar-refractivity contribution is 5.90. The number of hydrogen-bond donors (Lipinski definition) is 1. The molecule has 12 heteroatoms. The fourth-order valence-corrected chi connectivity index (χ4v) is 3.85. The Balaban J connectivity index is 1.44. The van der Waals surface area contributed by atoms with Crippen molar-refractivity contribution >= 4 is 29.5 Å². The Hall–Kier alpha value is -3.70. The SMILES string of the molecule is CN1CCN(C(=O)[C@@H]2CCCN2c2nc(N)n3nc(-c4ccco4)nc3n2)CC1=O. The predicted octanol–water partition coefficient (Wildman–Crippen LogP) is -0.369. The average molecular weight is 411 g/mol. The summed E-state index contributed by atoms with van der Waals surface area (Å²) < 4.78 is 6.67. The molecule has 3 aromatic heterocycles. The fourth-order valence-electron chi connectivity index (χ4n) is 3.85. The number of rotatable bonds is 3. The van der Waals surface area contributed by atoms with Crippen LogP contribution in [0.2, 0.25) is 0 Å². The minimum absolute atomic E-state index is 0.0602. The Kier molecular flexibility index (Phi) is 4.26. The molecule has 2 aliphatic heterocycles. The van der Waals surface area contributed by atoms with Gasteiger partial charge in [-0.25, -0.2) is 0 Å². The van der Waals surface area contributed by atoms with Crippen LogP contribution in [0.5, 0.6) is 0 Å². The number of anilines is 2. The first-order chi connectivity index (χ1) is 14.5. The van der Waals surface area contributed by atoms with E-state index in [9.17, 15) is 9.59 Å². The third-order valence-electron chi connectivity index (χ3n) is 5.53. The van der Waals surface area contributed by atoms with Crippen LogP contribution in [-0.4, -0.2) is 85.4 Å². The second-order valence-corrected chi connectivity index (χ2v) is 7.43. The second-order valence-electron chi connectivity index (χ2n) is 7.43. The maximum absolute atomic E-state index is 13.1. The van der Waals surface area contributed by atoms with E-state index in [1.165, 1.54) is 10.8 Å². The van der Waals surface area contributed by atoms with Gasteiger partial charge in [-0.2, -0.15) is 19.5 Å². The molecule has 2 fully saturated rings. The number of fused-ring (bicyclic) bond motifs is 1. The van der Waals surface area contributed by atoms with Crippen LogP contribution in [-0.2, 0) is 9.59 Å². The smallest absolute Gasteiger partial charge is 0.259 e. The van der Waals surface area contributed by atoms with Gasteiger partial charge < -0.3 is 24.9 Å². The molecule has 0 bridgehead atoms. The normalized spacial score (nSPS) is 19.8. The molecular weight excluding hydrogens is 390 g/mol. The highest BCUT2D eigenvalue weighted by Crippen LogP contribution is 2.26. The van der Waals surface area contributed by atoms with Crippen molar-refractivity contribution in [1.29, 1.82) is 0 Å². The lowest BCUT2D eigenvalue weighted by molar-refractivity contribution is -0.144. The summed E-state index contributed by atoms with van der Waals surface area (Å²) >= 11 is 0. The maximum Gasteiger partial charge on any atom is 0.259 e. The van der Waals surface area contributed by atoms with Gasteiger partial charge in [0, 0.05) is 26.7 Å². The lowest BCUT2D eigenvalue weighted by Crippen LogP contribution is -2.55. The van der Waals surface area contributed by atoms with Crippen molar-refractivity contribution in [3.05, 3.63) is 18.4 Å². The first-order valence-corrected chi connectivity index (χ1v) is 9.75. The lowest BCUT2D eigenvalue weighted by atomic mass is 10.1. The molecule has 30 heavy (non-hydrogen) atoms. The van der Waals surface area contributed by atoms with E-state index in [4.69, 9.17) is 10.2 Å². The lowest BCUT2D eigenvalue weighted by Gasteiger charge is -2.35. The summed E-state index contributed by atoms with van der Waals surface area (Å²) in [6.45, 7) is 1.76. The Labute approximate surface area is 171 Å². The van der Waals surface area contributed by atoms with Crippen molar-refractivity contribution < 1.29 is 14.0 Å². The predicted molar refractivity (Wildman–Crippen MR) is 105 cm³/mol. The van der Waals surface area contributed by atoms with E-state index < -0.39 is 6.04 Å².